The molecule has 0 fully saturated rings. The monoisotopic (exact) mass is 289 g/mol. The summed E-state index contributed by atoms with van der Waals surface area (Å²) in [4.78, 5) is 4.12. The quantitative estimate of drug-likeness (QED) is 0.886. The zero-order valence-electron chi connectivity index (χ0n) is 12.4. The molecule has 0 aliphatic rings. The lowest BCUT2D eigenvalue weighted by Crippen LogP contribution is -2.02. The van der Waals surface area contributed by atoms with Crippen molar-refractivity contribution in [2.45, 2.75) is 19.6 Å². The molecule has 1 aromatic heterocycles. The topological polar surface area (TPSA) is 60.8 Å². The highest BCUT2D eigenvalue weighted by atomic mass is 16.5. The average Bonchev–Trinajstić information content (AvgIpc) is 2.52. The first-order valence-corrected chi connectivity index (χ1v) is 6.62. The predicted molar refractivity (Wildman–Crippen MR) is 78.7 cm³/mol. The van der Waals surface area contributed by atoms with Crippen LogP contribution in [0.5, 0.6) is 17.4 Å². The number of aromatic nitrogens is 1. The molecule has 0 aliphatic heterocycles. The highest BCUT2D eigenvalue weighted by Crippen LogP contribution is 2.31. The second kappa shape index (κ2) is 6.95. The lowest BCUT2D eigenvalue weighted by molar-refractivity contribution is 0.198. The average molecular weight is 289 g/mol. The molecule has 1 heterocycles. The zero-order valence-corrected chi connectivity index (χ0v) is 12.4. The Morgan fingerprint density at radius 1 is 1.14 bits per heavy atom. The van der Waals surface area contributed by atoms with Gasteiger partial charge in [-0.05, 0) is 36.8 Å². The smallest absolute Gasteiger partial charge is 0.219 e. The van der Waals surface area contributed by atoms with Crippen molar-refractivity contribution in [2.75, 3.05) is 14.2 Å². The highest BCUT2D eigenvalue weighted by molar-refractivity contribution is 5.43. The number of benzene rings is 1. The molecule has 5 nitrogen and oxygen atoms in total. The third-order valence-electron chi connectivity index (χ3n) is 3.10. The molecule has 0 unspecified atom stereocenters. The molecule has 112 valence electrons. The fraction of sp³-hybridized carbons (Fsp3) is 0.312. The normalized spacial score (nSPS) is 11.8. The van der Waals surface area contributed by atoms with E-state index in [1.807, 2.05) is 18.2 Å². The van der Waals surface area contributed by atoms with E-state index in [4.69, 9.17) is 14.2 Å². The second-order valence-electron chi connectivity index (χ2n) is 4.55. The van der Waals surface area contributed by atoms with Crippen LogP contribution in [0.3, 0.4) is 0 Å². The Kier molecular flexibility index (Phi) is 5.00. The molecule has 0 saturated heterocycles. The number of hydrogen-bond donors (Lipinski definition) is 1. The van der Waals surface area contributed by atoms with Crippen LogP contribution in [0.2, 0.25) is 0 Å². The molecule has 1 atom stereocenters. The van der Waals surface area contributed by atoms with E-state index in [0.717, 1.165) is 11.1 Å². The van der Waals surface area contributed by atoms with Crippen LogP contribution in [-0.2, 0) is 6.61 Å². The number of ether oxygens (including phenoxy) is 3. The number of aliphatic hydroxyl groups excluding tert-OH is 1. The van der Waals surface area contributed by atoms with E-state index in [1.165, 1.54) is 0 Å². The van der Waals surface area contributed by atoms with Gasteiger partial charge in [0.25, 0.3) is 0 Å². The van der Waals surface area contributed by atoms with Gasteiger partial charge in [0.1, 0.15) is 6.61 Å². The Morgan fingerprint density at radius 2 is 1.95 bits per heavy atom. The van der Waals surface area contributed by atoms with Crippen LogP contribution in [0.4, 0.5) is 0 Å². The van der Waals surface area contributed by atoms with Crippen LogP contribution < -0.4 is 14.2 Å². The van der Waals surface area contributed by atoms with Crippen molar-refractivity contribution in [1.29, 1.82) is 0 Å². The van der Waals surface area contributed by atoms with Gasteiger partial charge in [-0.25, -0.2) is 4.98 Å². The van der Waals surface area contributed by atoms with Crippen molar-refractivity contribution in [2.24, 2.45) is 0 Å². The second-order valence-corrected chi connectivity index (χ2v) is 4.55. The van der Waals surface area contributed by atoms with Gasteiger partial charge in [0.15, 0.2) is 11.5 Å². The predicted octanol–water partition coefficient (Wildman–Crippen LogP) is 2.73. The molecule has 2 aromatic rings. The van der Waals surface area contributed by atoms with E-state index >= 15 is 0 Å². The number of methoxy groups -OCH3 is 2. The van der Waals surface area contributed by atoms with Gasteiger partial charge in [0, 0.05) is 6.20 Å². The van der Waals surface area contributed by atoms with Crippen molar-refractivity contribution >= 4 is 0 Å². The standard InChI is InChI=1S/C16H19NO4/c1-11(18)12-6-7-14(15(9-12)19-2)21-10-13-5-4-8-17-16(13)20-3/h4-9,11,18H,10H2,1-3H3/t11-/m1/s1. The fourth-order valence-corrected chi connectivity index (χ4v) is 1.94. The van der Waals surface area contributed by atoms with Crippen molar-refractivity contribution in [3.63, 3.8) is 0 Å². The van der Waals surface area contributed by atoms with Crippen LogP contribution >= 0.6 is 0 Å². The zero-order chi connectivity index (χ0) is 15.2. The largest absolute Gasteiger partial charge is 0.493 e. The van der Waals surface area contributed by atoms with E-state index in [2.05, 4.69) is 4.98 Å². The van der Waals surface area contributed by atoms with Gasteiger partial charge in [0.2, 0.25) is 5.88 Å². The molecule has 5 heteroatoms. The van der Waals surface area contributed by atoms with Crippen LogP contribution in [0, 0.1) is 0 Å². The van der Waals surface area contributed by atoms with Gasteiger partial charge in [0.05, 0.1) is 25.9 Å². The summed E-state index contributed by atoms with van der Waals surface area (Å²) in [6.45, 7) is 2.03. The van der Waals surface area contributed by atoms with Crippen molar-refractivity contribution in [3.8, 4) is 17.4 Å². The Hall–Kier alpha value is -2.27. The maximum absolute atomic E-state index is 9.59. The Morgan fingerprint density at radius 3 is 2.62 bits per heavy atom. The van der Waals surface area contributed by atoms with E-state index in [9.17, 15) is 5.11 Å². The van der Waals surface area contributed by atoms with E-state index in [1.54, 1.807) is 39.5 Å². The molecule has 0 amide bonds. The lowest BCUT2D eigenvalue weighted by atomic mass is 10.1. The summed E-state index contributed by atoms with van der Waals surface area (Å²) in [6, 6.07) is 9.07. The first-order valence-electron chi connectivity index (χ1n) is 6.62. The van der Waals surface area contributed by atoms with Crippen molar-refractivity contribution in [1.82, 2.24) is 4.98 Å². The summed E-state index contributed by atoms with van der Waals surface area (Å²) in [5.74, 6) is 1.72. The van der Waals surface area contributed by atoms with Crippen LogP contribution in [-0.4, -0.2) is 24.3 Å². The van der Waals surface area contributed by atoms with Crippen LogP contribution in [0.15, 0.2) is 36.5 Å². The molecule has 0 radical (unpaired) electrons. The van der Waals surface area contributed by atoms with Gasteiger partial charge >= 0.3 is 0 Å². The molecule has 0 bridgehead atoms. The Bertz CT molecular complexity index is 599. The van der Waals surface area contributed by atoms with Crippen LogP contribution in [0.25, 0.3) is 0 Å². The Labute approximate surface area is 124 Å². The van der Waals surface area contributed by atoms with Gasteiger partial charge in [-0.3, -0.25) is 0 Å². The molecule has 1 N–H and O–H groups in total. The van der Waals surface area contributed by atoms with E-state index in [-0.39, 0.29) is 0 Å². The fourth-order valence-electron chi connectivity index (χ4n) is 1.94. The number of pyridine rings is 1. The van der Waals surface area contributed by atoms with Crippen molar-refractivity contribution in [3.05, 3.63) is 47.7 Å². The molecule has 0 saturated carbocycles. The Balaban J connectivity index is 2.16. The summed E-state index contributed by atoms with van der Waals surface area (Å²) in [5, 5.41) is 9.59. The minimum absolute atomic E-state index is 0.321. The lowest BCUT2D eigenvalue weighted by Gasteiger charge is -2.14. The third kappa shape index (κ3) is 3.64. The number of nitrogens with zero attached hydrogens (tertiary/aromatic N) is 1. The summed E-state index contributed by atoms with van der Waals surface area (Å²) in [7, 11) is 3.14. The maximum Gasteiger partial charge on any atom is 0.219 e. The highest BCUT2D eigenvalue weighted by Gasteiger charge is 2.10. The van der Waals surface area contributed by atoms with Gasteiger partial charge in [-0.15, -0.1) is 0 Å². The SMILES string of the molecule is COc1cc([C@@H](C)O)ccc1OCc1cccnc1OC. The first kappa shape index (κ1) is 15.1. The minimum atomic E-state index is -0.550. The molecule has 0 aliphatic carbocycles. The number of rotatable bonds is 6. The minimum Gasteiger partial charge on any atom is -0.493 e. The molecular weight excluding hydrogens is 270 g/mol. The summed E-state index contributed by atoms with van der Waals surface area (Å²) in [6.07, 6.45) is 1.12. The van der Waals surface area contributed by atoms with E-state index in [0.29, 0.717) is 24.0 Å². The van der Waals surface area contributed by atoms with Crippen molar-refractivity contribution < 1.29 is 19.3 Å². The summed E-state index contributed by atoms with van der Waals surface area (Å²) >= 11 is 0. The summed E-state index contributed by atoms with van der Waals surface area (Å²) < 4.78 is 16.2. The molecule has 21 heavy (non-hydrogen) atoms. The number of hydrogen-bond acceptors (Lipinski definition) is 5. The maximum atomic E-state index is 9.59. The third-order valence-corrected chi connectivity index (χ3v) is 3.10. The van der Waals surface area contributed by atoms with Gasteiger partial charge in [-0.2, -0.15) is 0 Å². The molecular formula is C16H19NO4. The first-order chi connectivity index (χ1) is 10.2. The molecule has 0 spiro atoms. The summed E-state index contributed by atoms with van der Waals surface area (Å²) in [5.41, 5.74) is 1.62. The van der Waals surface area contributed by atoms with Crippen LogP contribution in [0.1, 0.15) is 24.2 Å². The number of aliphatic hydroxyl groups is 1. The van der Waals surface area contributed by atoms with E-state index < -0.39 is 6.10 Å². The van der Waals surface area contributed by atoms with Gasteiger partial charge in [-0.1, -0.05) is 6.07 Å². The van der Waals surface area contributed by atoms with Gasteiger partial charge < -0.3 is 19.3 Å². The molecule has 2 rings (SSSR count). The molecule has 1 aromatic carbocycles.